The number of ketones is 1. The van der Waals surface area contributed by atoms with Crippen molar-refractivity contribution in [2.75, 3.05) is 18.6 Å². The van der Waals surface area contributed by atoms with Crippen molar-refractivity contribution in [3.05, 3.63) is 60.0 Å². The number of rotatable bonds is 2. The molecule has 1 saturated heterocycles. The van der Waals surface area contributed by atoms with Crippen molar-refractivity contribution < 1.29 is 14.3 Å². The summed E-state index contributed by atoms with van der Waals surface area (Å²) in [4.78, 5) is 30.9. The van der Waals surface area contributed by atoms with Gasteiger partial charge in [-0.2, -0.15) is 0 Å². The van der Waals surface area contributed by atoms with Crippen molar-refractivity contribution in [2.24, 2.45) is 10.9 Å². The molecule has 1 aromatic carbocycles. The monoisotopic (exact) mass is 348 g/mol. The smallest absolute Gasteiger partial charge is 0.238 e. The number of fused-ring (bicyclic) bond motifs is 1. The molecule has 0 aromatic heterocycles. The number of hydrogen-bond donors (Lipinski definition) is 2. The van der Waals surface area contributed by atoms with Crippen molar-refractivity contribution >= 4 is 28.9 Å². The predicted molar refractivity (Wildman–Crippen MR) is 97.4 cm³/mol. The Kier molecular flexibility index (Phi) is 3.76. The van der Waals surface area contributed by atoms with Crippen LogP contribution in [0.1, 0.15) is 0 Å². The fraction of sp³-hybridized carbons (Fsp3) is 0.158. The third-order valence-electron chi connectivity index (χ3n) is 4.47. The van der Waals surface area contributed by atoms with E-state index in [4.69, 9.17) is 10.1 Å². The van der Waals surface area contributed by atoms with Gasteiger partial charge in [0.15, 0.2) is 5.78 Å². The maximum Gasteiger partial charge on any atom is 0.238 e. The Bertz CT molecular complexity index is 955. The minimum absolute atomic E-state index is 0.00205. The van der Waals surface area contributed by atoms with E-state index in [2.05, 4.69) is 10.3 Å². The van der Waals surface area contributed by atoms with Crippen molar-refractivity contribution in [3.63, 3.8) is 0 Å². The summed E-state index contributed by atoms with van der Waals surface area (Å²) < 4.78 is 5.33. The number of amides is 1. The first-order valence-electron chi connectivity index (χ1n) is 8.11. The van der Waals surface area contributed by atoms with Gasteiger partial charge in [0.25, 0.3) is 0 Å². The molecular formula is C19H16N4O3. The molecule has 1 fully saturated rings. The van der Waals surface area contributed by atoms with Crippen molar-refractivity contribution in [2.45, 2.75) is 0 Å². The van der Waals surface area contributed by atoms with E-state index in [-0.39, 0.29) is 35.5 Å². The number of nitrogens with zero attached hydrogens (tertiary/aromatic N) is 2. The lowest BCUT2D eigenvalue weighted by Gasteiger charge is -2.23. The van der Waals surface area contributed by atoms with E-state index in [9.17, 15) is 9.59 Å². The summed E-state index contributed by atoms with van der Waals surface area (Å²) in [7, 11) is 1.54. The largest absolute Gasteiger partial charge is 0.495 e. The molecule has 7 nitrogen and oxygen atoms in total. The number of allylic oxidation sites excluding steroid dienone is 3. The van der Waals surface area contributed by atoms with Gasteiger partial charge in [0.1, 0.15) is 23.0 Å². The van der Waals surface area contributed by atoms with Gasteiger partial charge >= 0.3 is 0 Å². The summed E-state index contributed by atoms with van der Waals surface area (Å²) in [5.41, 5.74) is 1.30. The molecule has 1 aliphatic carbocycles. The van der Waals surface area contributed by atoms with Crippen LogP contribution in [0.5, 0.6) is 5.75 Å². The van der Waals surface area contributed by atoms with Gasteiger partial charge in [0.2, 0.25) is 5.91 Å². The molecule has 2 heterocycles. The number of benzene rings is 1. The molecule has 2 aliphatic heterocycles. The van der Waals surface area contributed by atoms with Crippen molar-refractivity contribution in [3.8, 4) is 5.75 Å². The third-order valence-corrected chi connectivity index (χ3v) is 4.47. The molecule has 1 atom stereocenters. The van der Waals surface area contributed by atoms with E-state index in [1.54, 1.807) is 41.3 Å². The number of methoxy groups -OCH3 is 1. The maximum atomic E-state index is 12.6. The highest BCUT2D eigenvalue weighted by molar-refractivity contribution is 6.34. The van der Waals surface area contributed by atoms with Crippen LogP contribution in [0.25, 0.3) is 0 Å². The highest BCUT2D eigenvalue weighted by Crippen LogP contribution is 2.33. The molecule has 1 amide bonds. The van der Waals surface area contributed by atoms with Crippen molar-refractivity contribution in [1.82, 2.24) is 5.32 Å². The Balaban J connectivity index is 1.76. The minimum Gasteiger partial charge on any atom is -0.495 e. The number of anilines is 1. The molecule has 2 N–H and O–H groups in total. The van der Waals surface area contributed by atoms with Gasteiger partial charge in [-0.25, -0.2) is 4.99 Å². The van der Waals surface area contributed by atoms with E-state index in [1.165, 1.54) is 7.11 Å². The van der Waals surface area contributed by atoms with Crippen LogP contribution in [-0.4, -0.2) is 36.9 Å². The second-order valence-electron chi connectivity index (χ2n) is 6.00. The molecule has 130 valence electrons. The number of carbonyl (C=O) groups excluding carboxylic acids is 2. The second-order valence-corrected chi connectivity index (χ2v) is 6.00. The molecule has 1 aromatic rings. The lowest BCUT2D eigenvalue weighted by Crippen LogP contribution is -2.39. The summed E-state index contributed by atoms with van der Waals surface area (Å²) in [5, 5.41) is 11.1. The van der Waals surface area contributed by atoms with Gasteiger partial charge in [0, 0.05) is 0 Å². The van der Waals surface area contributed by atoms with Gasteiger partial charge in [-0.3, -0.25) is 15.0 Å². The Hall–Kier alpha value is -3.48. The number of amidine groups is 1. The van der Waals surface area contributed by atoms with E-state index in [0.717, 1.165) is 0 Å². The third kappa shape index (κ3) is 2.45. The molecule has 26 heavy (non-hydrogen) atoms. The van der Waals surface area contributed by atoms with Gasteiger partial charge < -0.3 is 15.0 Å². The quantitative estimate of drug-likeness (QED) is 0.794. The number of aliphatic imine (C=N–C) groups is 1. The molecular weight excluding hydrogens is 332 g/mol. The van der Waals surface area contributed by atoms with E-state index in [0.29, 0.717) is 17.1 Å². The van der Waals surface area contributed by atoms with Crippen LogP contribution in [0.15, 0.2) is 65.0 Å². The molecule has 4 rings (SSSR count). The summed E-state index contributed by atoms with van der Waals surface area (Å²) in [5.74, 6) is -0.290. The molecule has 0 bridgehead atoms. The fourth-order valence-electron chi connectivity index (χ4n) is 3.20. The zero-order valence-electron chi connectivity index (χ0n) is 14.0. The number of Topliss-reactive ketones (excluding diaryl/α,β-unsaturated/α-hetero) is 1. The number of hydrogen-bond acceptors (Lipinski definition) is 5. The topological polar surface area (TPSA) is 94.8 Å². The molecule has 0 spiro atoms. The Morgan fingerprint density at radius 1 is 1.27 bits per heavy atom. The fourth-order valence-corrected chi connectivity index (χ4v) is 3.20. The summed E-state index contributed by atoms with van der Waals surface area (Å²) in [6.45, 7) is -0.00205. The van der Waals surface area contributed by atoms with Crippen LogP contribution >= 0.6 is 0 Å². The average Bonchev–Trinajstić information content (AvgIpc) is 2.95. The number of nitrogens with one attached hydrogen (secondary N) is 2. The van der Waals surface area contributed by atoms with Gasteiger partial charge in [0.05, 0.1) is 31.0 Å². The first-order valence-corrected chi connectivity index (χ1v) is 8.11. The van der Waals surface area contributed by atoms with Gasteiger partial charge in [-0.1, -0.05) is 30.4 Å². The number of para-hydroxylation sites is 2. The predicted octanol–water partition coefficient (Wildman–Crippen LogP) is 1.59. The Morgan fingerprint density at radius 3 is 2.88 bits per heavy atom. The average molecular weight is 348 g/mol. The number of carbonyl (C=O) groups is 2. The minimum atomic E-state index is -0.458. The highest BCUT2D eigenvalue weighted by Gasteiger charge is 2.38. The summed E-state index contributed by atoms with van der Waals surface area (Å²) >= 11 is 0. The van der Waals surface area contributed by atoms with E-state index < -0.39 is 5.92 Å². The second kappa shape index (κ2) is 6.11. The molecule has 0 radical (unpaired) electrons. The highest BCUT2D eigenvalue weighted by atomic mass is 16.5. The van der Waals surface area contributed by atoms with E-state index >= 15 is 0 Å². The van der Waals surface area contributed by atoms with Crippen molar-refractivity contribution in [1.29, 1.82) is 5.41 Å². The Labute approximate surface area is 149 Å². The SMILES string of the molecule is COc1ccccc1N1CC(=O)/C(=C2\N=C3C=CC=CC3C(=O)N2)C1=N. The molecule has 7 heteroatoms. The zero-order chi connectivity index (χ0) is 18.3. The number of ether oxygens (including phenoxy) is 1. The first-order chi connectivity index (χ1) is 12.6. The van der Waals surface area contributed by atoms with Crippen LogP contribution in [0.2, 0.25) is 0 Å². The van der Waals surface area contributed by atoms with Crippen LogP contribution < -0.4 is 15.0 Å². The summed E-state index contributed by atoms with van der Waals surface area (Å²) in [6, 6.07) is 7.18. The van der Waals surface area contributed by atoms with E-state index in [1.807, 2.05) is 12.1 Å². The molecule has 1 unspecified atom stereocenters. The zero-order valence-corrected chi connectivity index (χ0v) is 14.0. The van der Waals surface area contributed by atoms with Gasteiger partial charge in [-0.05, 0) is 18.2 Å². The van der Waals surface area contributed by atoms with Crippen LogP contribution in [0, 0.1) is 11.3 Å². The van der Waals surface area contributed by atoms with Crippen LogP contribution in [0.4, 0.5) is 5.69 Å². The normalized spacial score (nSPS) is 24.5. The molecule has 0 saturated carbocycles. The van der Waals surface area contributed by atoms with Gasteiger partial charge in [-0.15, -0.1) is 0 Å². The summed E-state index contributed by atoms with van der Waals surface area (Å²) in [6.07, 6.45) is 7.07. The van der Waals surface area contributed by atoms with Crippen LogP contribution in [-0.2, 0) is 9.59 Å². The lowest BCUT2D eigenvalue weighted by atomic mass is 9.95. The van der Waals surface area contributed by atoms with Crippen LogP contribution in [0.3, 0.4) is 0 Å². The maximum absolute atomic E-state index is 12.6. The molecule has 3 aliphatic rings. The first kappa shape index (κ1) is 16.0. The standard InChI is InChI=1S/C19H16N4O3/c1-26-15-9-5-4-8-13(15)23-10-14(24)16(17(23)20)18-21-12-7-3-2-6-11(12)19(25)22-18/h2-9,11,20H,10H2,1H3,(H,22,25)/b18-16-,20-17?. The Morgan fingerprint density at radius 2 is 2.08 bits per heavy atom. The lowest BCUT2D eigenvalue weighted by molar-refractivity contribution is -0.121.